The van der Waals surface area contributed by atoms with Gasteiger partial charge in [0.15, 0.2) is 0 Å². The maximum absolute atomic E-state index is 12.3. The number of carbonyl (C=O) groups excluding carboxylic acids is 2. The summed E-state index contributed by atoms with van der Waals surface area (Å²) >= 11 is 1.96. The molecule has 1 aliphatic rings. The molecule has 0 saturated carbocycles. The van der Waals surface area contributed by atoms with E-state index in [2.05, 4.69) is 19.2 Å². The Labute approximate surface area is 142 Å². The third kappa shape index (κ3) is 5.43. The van der Waals surface area contributed by atoms with Crippen molar-refractivity contribution < 1.29 is 9.59 Å². The number of thioether (sulfide) groups is 1. The van der Waals surface area contributed by atoms with Crippen molar-refractivity contribution in [1.82, 2.24) is 4.90 Å². The second kappa shape index (κ2) is 8.20. The van der Waals surface area contributed by atoms with E-state index in [1.54, 1.807) is 6.08 Å². The Hall–Kier alpha value is -1.75. The van der Waals surface area contributed by atoms with Gasteiger partial charge in [0.25, 0.3) is 0 Å². The maximum Gasteiger partial charge on any atom is 0.246 e. The maximum atomic E-state index is 12.3. The molecule has 1 atom stereocenters. The molecule has 1 heterocycles. The monoisotopic (exact) mass is 332 g/mol. The smallest absolute Gasteiger partial charge is 0.246 e. The molecule has 0 aromatic heterocycles. The van der Waals surface area contributed by atoms with E-state index in [1.807, 2.05) is 47.0 Å². The Morgan fingerprint density at radius 2 is 2.00 bits per heavy atom. The first kappa shape index (κ1) is 17.6. The van der Waals surface area contributed by atoms with Crippen molar-refractivity contribution in [2.24, 2.45) is 5.92 Å². The van der Waals surface area contributed by atoms with Crippen LogP contribution in [0.1, 0.15) is 26.3 Å². The van der Waals surface area contributed by atoms with Crippen molar-refractivity contribution in [2.75, 3.05) is 24.2 Å². The van der Waals surface area contributed by atoms with Crippen LogP contribution in [0, 0.1) is 5.92 Å². The lowest BCUT2D eigenvalue weighted by atomic mass is 10.1. The Kier molecular flexibility index (Phi) is 6.28. The highest BCUT2D eigenvalue weighted by Crippen LogP contribution is 2.25. The summed E-state index contributed by atoms with van der Waals surface area (Å²) in [7, 11) is 0. The lowest BCUT2D eigenvalue weighted by molar-refractivity contribution is -0.126. The van der Waals surface area contributed by atoms with E-state index in [4.69, 9.17) is 0 Å². The molecular formula is C18H24N2O2S. The van der Waals surface area contributed by atoms with Crippen LogP contribution < -0.4 is 5.32 Å². The lowest BCUT2D eigenvalue weighted by Crippen LogP contribution is -2.42. The highest BCUT2D eigenvalue weighted by atomic mass is 32.2. The number of nitrogens with zero attached hydrogens (tertiary/aromatic N) is 1. The number of nitrogens with one attached hydrogen (secondary N) is 1. The van der Waals surface area contributed by atoms with E-state index in [0.29, 0.717) is 11.2 Å². The number of hydrogen-bond acceptors (Lipinski definition) is 3. The van der Waals surface area contributed by atoms with Crippen LogP contribution in [0.4, 0.5) is 5.69 Å². The van der Waals surface area contributed by atoms with Crippen LogP contribution in [0.5, 0.6) is 0 Å². The van der Waals surface area contributed by atoms with Gasteiger partial charge in [0.05, 0.1) is 0 Å². The molecule has 1 aliphatic heterocycles. The SMILES string of the molecule is CC(=O)Nc1ccc(/C=C/C(=O)N2CCS[C@H](C(C)C)C2)cc1. The summed E-state index contributed by atoms with van der Waals surface area (Å²) in [6.07, 6.45) is 3.47. The van der Waals surface area contributed by atoms with Crippen LogP contribution in [0.25, 0.3) is 6.08 Å². The molecule has 0 radical (unpaired) electrons. The fraction of sp³-hybridized carbons (Fsp3) is 0.444. The van der Waals surface area contributed by atoms with Gasteiger partial charge in [-0.3, -0.25) is 9.59 Å². The van der Waals surface area contributed by atoms with Crippen LogP contribution in [0.15, 0.2) is 30.3 Å². The molecule has 5 heteroatoms. The van der Waals surface area contributed by atoms with E-state index >= 15 is 0 Å². The predicted octanol–water partition coefficient (Wildman–Crippen LogP) is 3.26. The minimum Gasteiger partial charge on any atom is -0.337 e. The summed E-state index contributed by atoms with van der Waals surface area (Å²) in [5.74, 6) is 1.57. The van der Waals surface area contributed by atoms with Crippen LogP contribution in [-0.2, 0) is 9.59 Å². The van der Waals surface area contributed by atoms with Gasteiger partial charge in [0.2, 0.25) is 11.8 Å². The molecule has 2 rings (SSSR count). The van der Waals surface area contributed by atoms with Crippen molar-refractivity contribution in [3.63, 3.8) is 0 Å². The Bertz CT molecular complexity index is 581. The Balaban J connectivity index is 1.93. The first-order chi connectivity index (χ1) is 11.0. The third-order valence-electron chi connectivity index (χ3n) is 3.80. The fourth-order valence-electron chi connectivity index (χ4n) is 2.43. The van der Waals surface area contributed by atoms with Gasteiger partial charge in [-0.15, -0.1) is 0 Å². The Morgan fingerprint density at radius 1 is 1.30 bits per heavy atom. The molecule has 2 amide bonds. The van der Waals surface area contributed by atoms with E-state index in [9.17, 15) is 9.59 Å². The van der Waals surface area contributed by atoms with Gasteiger partial charge in [-0.05, 0) is 29.7 Å². The molecule has 1 N–H and O–H groups in total. The number of amides is 2. The molecule has 23 heavy (non-hydrogen) atoms. The number of benzene rings is 1. The minimum atomic E-state index is -0.0915. The van der Waals surface area contributed by atoms with Gasteiger partial charge in [-0.25, -0.2) is 0 Å². The summed E-state index contributed by atoms with van der Waals surface area (Å²) in [6, 6.07) is 7.44. The van der Waals surface area contributed by atoms with Crippen molar-refractivity contribution in [3.8, 4) is 0 Å². The van der Waals surface area contributed by atoms with Crippen molar-refractivity contribution in [2.45, 2.75) is 26.0 Å². The molecule has 4 nitrogen and oxygen atoms in total. The topological polar surface area (TPSA) is 49.4 Å². The summed E-state index contributed by atoms with van der Waals surface area (Å²) in [4.78, 5) is 25.2. The largest absolute Gasteiger partial charge is 0.337 e. The van der Waals surface area contributed by atoms with Gasteiger partial charge in [-0.2, -0.15) is 11.8 Å². The van der Waals surface area contributed by atoms with Crippen LogP contribution in [0.3, 0.4) is 0 Å². The van der Waals surface area contributed by atoms with Crippen LogP contribution >= 0.6 is 11.8 Å². The molecule has 1 aromatic carbocycles. The zero-order valence-electron chi connectivity index (χ0n) is 13.9. The normalized spacial score (nSPS) is 18.4. The molecule has 1 fully saturated rings. The minimum absolute atomic E-state index is 0.0712. The summed E-state index contributed by atoms with van der Waals surface area (Å²) < 4.78 is 0. The van der Waals surface area contributed by atoms with Crippen molar-refractivity contribution in [3.05, 3.63) is 35.9 Å². The summed E-state index contributed by atoms with van der Waals surface area (Å²) in [5.41, 5.74) is 1.70. The first-order valence-corrected chi connectivity index (χ1v) is 8.97. The number of rotatable bonds is 4. The fourth-order valence-corrected chi connectivity index (χ4v) is 3.73. The van der Waals surface area contributed by atoms with Crippen molar-refractivity contribution >= 4 is 35.3 Å². The lowest BCUT2D eigenvalue weighted by Gasteiger charge is -2.33. The highest BCUT2D eigenvalue weighted by molar-refractivity contribution is 8.00. The highest BCUT2D eigenvalue weighted by Gasteiger charge is 2.24. The first-order valence-electron chi connectivity index (χ1n) is 7.92. The number of carbonyl (C=O) groups is 2. The molecule has 0 bridgehead atoms. The van der Waals surface area contributed by atoms with Gasteiger partial charge in [0.1, 0.15) is 0 Å². The molecule has 124 valence electrons. The summed E-state index contributed by atoms with van der Waals surface area (Å²) in [5, 5.41) is 3.25. The average Bonchev–Trinajstić information content (AvgIpc) is 2.53. The van der Waals surface area contributed by atoms with E-state index in [0.717, 1.165) is 30.1 Å². The standard InChI is InChI=1S/C18H24N2O2S/c1-13(2)17-12-20(10-11-23-17)18(22)9-6-15-4-7-16(8-5-15)19-14(3)21/h4-9,13,17H,10-12H2,1-3H3,(H,19,21)/b9-6+/t17-/m0/s1. The zero-order valence-corrected chi connectivity index (χ0v) is 14.7. The van der Waals surface area contributed by atoms with Gasteiger partial charge >= 0.3 is 0 Å². The second-order valence-electron chi connectivity index (χ2n) is 6.07. The van der Waals surface area contributed by atoms with Gasteiger partial charge in [0, 0.05) is 42.8 Å². The third-order valence-corrected chi connectivity index (χ3v) is 5.34. The van der Waals surface area contributed by atoms with Gasteiger partial charge in [-0.1, -0.05) is 26.0 Å². The number of anilines is 1. The molecular weight excluding hydrogens is 308 g/mol. The average molecular weight is 332 g/mol. The second-order valence-corrected chi connectivity index (χ2v) is 7.42. The zero-order chi connectivity index (χ0) is 16.8. The molecule has 1 saturated heterocycles. The predicted molar refractivity (Wildman–Crippen MR) is 97.4 cm³/mol. The number of hydrogen-bond donors (Lipinski definition) is 1. The molecule has 0 aliphatic carbocycles. The van der Waals surface area contributed by atoms with E-state index in [-0.39, 0.29) is 11.8 Å². The van der Waals surface area contributed by atoms with E-state index in [1.165, 1.54) is 6.92 Å². The Morgan fingerprint density at radius 3 is 2.61 bits per heavy atom. The molecule has 0 spiro atoms. The summed E-state index contributed by atoms with van der Waals surface area (Å²) in [6.45, 7) is 7.54. The van der Waals surface area contributed by atoms with Crippen LogP contribution in [-0.4, -0.2) is 40.8 Å². The molecule has 1 aromatic rings. The molecule has 0 unspecified atom stereocenters. The quantitative estimate of drug-likeness (QED) is 0.861. The van der Waals surface area contributed by atoms with Gasteiger partial charge < -0.3 is 10.2 Å². The van der Waals surface area contributed by atoms with Crippen LogP contribution in [0.2, 0.25) is 0 Å². The van der Waals surface area contributed by atoms with Crippen molar-refractivity contribution in [1.29, 1.82) is 0 Å². The van der Waals surface area contributed by atoms with E-state index < -0.39 is 0 Å².